The number of rotatable bonds is 8. The smallest absolute Gasteiger partial charge is 0.238 e. The standard InChI is InChI=1S/C23H38N4O4S/c1-17-14-26(15-18(2)31-17)16-21-9-12-27(13-10-21)19(3)23(28)25-11-8-20-4-6-22(7-5-20)32(24,29)30/h4-7,17-19,21H,8-16H2,1-3H3,(H,25,28)(H2,24,29,30). The molecule has 0 bridgehead atoms. The number of ether oxygens (including phenoxy) is 1. The summed E-state index contributed by atoms with van der Waals surface area (Å²) in [7, 11) is -3.68. The first-order valence-corrected chi connectivity index (χ1v) is 13.2. The Morgan fingerprint density at radius 2 is 1.75 bits per heavy atom. The molecule has 0 spiro atoms. The summed E-state index contributed by atoms with van der Waals surface area (Å²) in [5, 5.41) is 8.13. The van der Waals surface area contributed by atoms with Gasteiger partial charge in [0.2, 0.25) is 15.9 Å². The normalized spacial score (nSPS) is 24.9. The number of hydrogen-bond donors (Lipinski definition) is 2. The molecule has 2 heterocycles. The van der Waals surface area contributed by atoms with E-state index >= 15 is 0 Å². The van der Waals surface area contributed by atoms with Crippen molar-refractivity contribution in [3.8, 4) is 0 Å². The molecule has 2 aliphatic rings. The molecule has 1 amide bonds. The predicted molar refractivity (Wildman–Crippen MR) is 125 cm³/mol. The van der Waals surface area contributed by atoms with Gasteiger partial charge in [0.05, 0.1) is 23.1 Å². The van der Waals surface area contributed by atoms with Crippen molar-refractivity contribution in [1.82, 2.24) is 15.1 Å². The number of benzene rings is 1. The highest BCUT2D eigenvalue weighted by Crippen LogP contribution is 2.22. The Morgan fingerprint density at radius 1 is 1.16 bits per heavy atom. The second-order valence-electron chi connectivity index (χ2n) is 9.36. The summed E-state index contributed by atoms with van der Waals surface area (Å²) in [4.78, 5) is 17.5. The predicted octanol–water partition coefficient (Wildman–Crippen LogP) is 1.20. The van der Waals surface area contributed by atoms with E-state index in [1.807, 2.05) is 6.92 Å². The summed E-state index contributed by atoms with van der Waals surface area (Å²) in [6, 6.07) is 6.31. The van der Waals surface area contributed by atoms with E-state index in [1.54, 1.807) is 12.1 Å². The molecule has 1 aromatic rings. The highest BCUT2D eigenvalue weighted by molar-refractivity contribution is 7.89. The Kier molecular flexibility index (Phi) is 8.68. The van der Waals surface area contributed by atoms with Crippen LogP contribution in [0.3, 0.4) is 0 Å². The molecule has 8 nitrogen and oxygen atoms in total. The maximum absolute atomic E-state index is 12.6. The van der Waals surface area contributed by atoms with Crippen LogP contribution >= 0.6 is 0 Å². The summed E-state index contributed by atoms with van der Waals surface area (Å²) in [5.41, 5.74) is 0.956. The lowest BCUT2D eigenvalue weighted by Crippen LogP contribution is -2.51. The van der Waals surface area contributed by atoms with E-state index in [2.05, 4.69) is 29.0 Å². The maximum atomic E-state index is 12.6. The minimum atomic E-state index is -3.68. The summed E-state index contributed by atoms with van der Waals surface area (Å²) in [6.45, 7) is 11.8. The first-order chi connectivity index (χ1) is 15.1. The molecule has 0 aliphatic carbocycles. The van der Waals surface area contributed by atoms with E-state index in [4.69, 9.17) is 9.88 Å². The number of nitrogens with one attached hydrogen (secondary N) is 1. The molecule has 0 radical (unpaired) electrons. The Bertz CT molecular complexity index is 843. The maximum Gasteiger partial charge on any atom is 0.238 e. The summed E-state index contributed by atoms with van der Waals surface area (Å²) < 4.78 is 28.5. The Hall–Kier alpha value is -1.52. The number of piperidine rings is 1. The molecule has 3 N–H and O–H groups in total. The van der Waals surface area contributed by atoms with Crippen LogP contribution in [0.15, 0.2) is 29.2 Å². The van der Waals surface area contributed by atoms with Crippen LogP contribution in [0.1, 0.15) is 39.2 Å². The third-order valence-electron chi connectivity index (χ3n) is 6.55. The van der Waals surface area contributed by atoms with Crippen molar-refractivity contribution in [3.63, 3.8) is 0 Å². The van der Waals surface area contributed by atoms with Gasteiger partial charge in [0.1, 0.15) is 0 Å². The van der Waals surface area contributed by atoms with E-state index in [9.17, 15) is 13.2 Å². The number of sulfonamides is 1. The van der Waals surface area contributed by atoms with Crippen molar-refractivity contribution in [2.75, 3.05) is 39.3 Å². The lowest BCUT2D eigenvalue weighted by Gasteiger charge is -2.40. The van der Waals surface area contributed by atoms with Gasteiger partial charge in [-0.15, -0.1) is 0 Å². The quantitative estimate of drug-likeness (QED) is 0.597. The highest BCUT2D eigenvalue weighted by atomic mass is 32.2. The number of nitrogens with two attached hydrogens (primary N) is 1. The number of likely N-dealkylation sites (tertiary alicyclic amines) is 1. The van der Waals surface area contributed by atoms with Crippen LogP contribution < -0.4 is 10.5 Å². The first-order valence-electron chi connectivity index (χ1n) is 11.6. The SMILES string of the molecule is CC1CN(CC2CCN(C(C)C(=O)NCCc3ccc(S(N)(=O)=O)cc3)CC2)CC(C)O1. The van der Waals surface area contributed by atoms with Gasteiger partial charge in [-0.3, -0.25) is 14.6 Å². The van der Waals surface area contributed by atoms with E-state index in [0.717, 1.165) is 51.1 Å². The fourth-order valence-corrected chi connectivity index (χ4v) is 5.33. The van der Waals surface area contributed by atoms with Crippen molar-refractivity contribution in [2.24, 2.45) is 11.1 Å². The first kappa shape index (κ1) is 25.1. The average Bonchev–Trinajstić information content (AvgIpc) is 2.72. The van der Waals surface area contributed by atoms with Gasteiger partial charge in [0.25, 0.3) is 0 Å². The molecule has 3 atom stereocenters. The van der Waals surface area contributed by atoms with Gasteiger partial charge >= 0.3 is 0 Å². The highest BCUT2D eigenvalue weighted by Gasteiger charge is 2.29. The molecule has 180 valence electrons. The van der Waals surface area contributed by atoms with Crippen molar-refractivity contribution in [1.29, 1.82) is 0 Å². The zero-order valence-electron chi connectivity index (χ0n) is 19.5. The van der Waals surface area contributed by atoms with E-state index < -0.39 is 10.0 Å². The van der Waals surface area contributed by atoms with Gasteiger partial charge in [0.15, 0.2) is 0 Å². The molecule has 0 aromatic heterocycles. The van der Waals surface area contributed by atoms with E-state index in [0.29, 0.717) is 31.1 Å². The molecule has 1 aromatic carbocycles. The fourth-order valence-electron chi connectivity index (χ4n) is 4.81. The van der Waals surface area contributed by atoms with Crippen LogP contribution in [0.5, 0.6) is 0 Å². The summed E-state index contributed by atoms with van der Waals surface area (Å²) in [6.07, 6.45) is 3.48. The number of carbonyl (C=O) groups excluding carboxylic acids is 1. The zero-order chi connectivity index (χ0) is 23.3. The molecule has 2 aliphatic heterocycles. The largest absolute Gasteiger partial charge is 0.373 e. The van der Waals surface area contributed by atoms with Gasteiger partial charge < -0.3 is 10.1 Å². The summed E-state index contributed by atoms with van der Waals surface area (Å²) in [5.74, 6) is 0.722. The van der Waals surface area contributed by atoms with Gasteiger partial charge in [-0.2, -0.15) is 0 Å². The second kappa shape index (κ2) is 11.1. The fraction of sp³-hybridized carbons (Fsp3) is 0.696. The van der Waals surface area contributed by atoms with Gasteiger partial charge in [-0.1, -0.05) is 12.1 Å². The molecule has 0 saturated carbocycles. The van der Waals surface area contributed by atoms with Crippen LogP contribution in [0.4, 0.5) is 0 Å². The monoisotopic (exact) mass is 466 g/mol. The molecule has 32 heavy (non-hydrogen) atoms. The number of nitrogens with zero attached hydrogens (tertiary/aromatic N) is 2. The molecule has 3 unspecified atom stereocenters. The molecule has 3 rings (SSSR count). The Morgan fingerprint density at radius 3 is 2.31 bits per heavy atom. The van der Waals surface area contributed by atoms with Crippen molar-refractivity contribution < 1.29 is 17.9 Å². The molecular weight excluding hydrogens is 428 g/mol. The van der Waals surface area contributed by atoms with Crippen LogP contribution in [0.2, 0.25) is 0 Å². The van der Waals surface area contributed by atoms with Crippen LogP contribution in [-0.4, -0.2) is 81.6 Å². The topological polar surface area (TPSA) is 105 Å². The Labute approximate surface area is 192 Å². The number of primary sulfonamides is 1. The molecule has 2 saturated heterocycles. The van der Waals surface area contributed by atoms with Gasteiger partial charge in [-0.05, 0) is 76.7 Å². The lowest BCUT2D eigenvalue weighted by atomic mass is 9.94. The molecule has 2 fully saturated rings. The van der Waals surface area contributed by atoms with E-state index in [1.165, 1.54) is 12.1 Å². The number of hydrogen-bond acceptors (Lipinski definition) is 6. The van der Waals surface area contributed by atoms with E-state index in [-0.39, 0.29) is 16.8 Å². The second-order valence-corrected chi connectivity index (χ2v) is 10.9. The molecule has 9 heteroatoms. The zero-order valence-corrected chi connectivity index (χ0v) is 20.3. The van der Waals surface area contributed by atoms with Crippen LogP contribution in [0.25, 0.3) is 0 Å². The van der Waals surface area contributed by atoms with Crippen molar-refractivity contribution >= 4 is 15.9 Å². The molecular formula is C23H38N4O4S. The Balaban J connectivity index is 1.37. The van der Waals surface area contributed by atoms with Gasteiger partial charge in [-0.25, -0.2) is 13.6 Å². The average molecular weight is 467 g/mol. The van der Waals surface area contributed by atoms with Crippen LogP contribution in [-0.2, 0) is 26.0 Å². The third-order valence-corrected chi connectivity index (χ3v) is 7.48. The minimum absolute atomic E-state index is 0.0421. The minimum Gasteiger partial charge on any atom is -0.373 e. The number of morpholine rings is 1. The van der Waals surface area contributed by atoms with Crippen molar-refractivity contribution in [2.45, 2.75) is 63.2 Å². The number of carbonyl (C=O) groups is 1. The van der Waals surface area contributed by atoms with Gasteiger partial charge in [0, 0.05) is 26.2 Å². The van der Waals surface area contributed by atoms with Crippen molar-refractivity contribution in [3.05, 3.63) is 29.8 Å². The number of amides is 1. The van der Waals surface area contributed by atoms with Crippen LogP contribution in [0, 0.1) is 5.92 Å². The third kappa shape index (κ3) is 7.25. The summed E-state index contributed by atoms with van der Waals surface area (Å²) >= 11 is 0. The lowest BCUT2D eigenvalue weighted by molar-refractivity contribution is -0.126.